The van der Waals surface area contributed by atoms with Gasteiger partial charge in [-0.25, -0.2) is 13.9 Å². The van der Waals surface area contributed by atoms with Gasteiger partial charge in [-0.15, -0.1) is 0 Å². The number of aliphatic hydroxyl groups excluding tert-OH is 2. The standard InChI is InChI=1S/C42H73N3O15P2/c1-4-5-6-7-8-9-10-11-12-13-14-15-16-21-24-27-38(47)58-34(30-55-37(46)26-23-20-18-17-19-22-25-33(2)3)31-56-61(51,52)60-62(53,54)57-32-35-39(48)40(49)41(59-35)45-29-28-36(43)44-42(45)50/h9-12,28-29,33-35,39-41,48-49H,4-8,13-27,30-32H2,1-3H3,(H,51,52)(H,53,54)(H2,43,44,50)/b10-9-,12-11-/t34-,35-,39+,40?,41-/m1/s1. The molecular weight excluding hydrogens is 848 g/mol. The Morgan fingerprint density at radius 2 is 1.39 bits per heavy atom. The molecule has 3 unspecified atom stereocenters. The Bertz CT molecular complexity index is 1640. The Labute approximate surface area is 366 Å². The van der Waals surface area contributed by atoms with E-state index in [1.807, 2.05) is 0 Å². The second-order valence-electron chi connectivity index (χ2n) is 16.1. The van der Waals surface area contributed by atoms with Crippen LogP contribution in [0.3, 0.4) is 0 Å². The molecule has 18 nitrogen and oxygen atoms in total. The van der Waals surface area contributed by atoms with Gasteiger partial charge in [0.05, 0.1) is 13.2 Å². The Kier molecular flexibility index (Phi) is 27.8. The van der Waals surface area contributed by atoms with Crippen molar-refractivity contribution in [3.8, 4) is 0 Å². The van der Waals surface area contributed by atoms with Crippen LogP contribution in [-0.2, 0) is 46.3 Å². The van der Waals surface area contributed by atoms with Crippen LogP contribution in [0, 0.1) is 5.92 Å². The lowest BCUT2D eigenvalue weighted by atomic mass is 10.0. The van der Waals surface area contributed by atoms with E-state index in [2.05, 4.69) is 54.4 Å². The number of allylic oxidation sites excluding steroid dienone is 4. The number of hydrogen-bond acceptors (Lipinski definition) is 15. The van der Waals surface area contributed by atoms with Gasteiger partial charge in [0.2, 0.25) is 0 Å². The molecule has 0 spiro atoms. The summed E-state index contributed by atoms with van der Waals surface area (Å²) in [5, 5.41) is 20.8. The summed E-state index contributed by atoms with van der Waals surface area (Å²) >= 11 is 0. The molecule has 2 rings (SSSR count). The van der Waals surface area contributed by atoms with E-state index in [0.717, 1.165) is 75.0 Å². The lowest BCUT2D eigenvalue weighted by molar-refractivity contribution is -0.161. The van der Waals surface area contributed by atoms with Gasteiger partial charge in [0.1, 0.15) is 30.7 Å². The molecule has 0 aromatic carbocycles. The molecule has 356 valence electrons. The molecule has 0 amide bonds. The fourth-order valence-corrected chi connectivity index (χ4v) is 8.60. The minimum absolute atomic E-state index is 0.0334. The Balaban J connectivity index is 1.85. The number of nitrogens with two attached hydrogens (primary N) is 1. The van der Waals surface area contributed by atoms with Gasteiger partial charge in [-0.05, 0) is 50.5 Å². The lowest BCUT2D eigenvalue weighted by Gasteiger charge is -2.21. The van der Waals surface area contributed by atoms with E-state index < -0.39 is 83.7 Å². The van der Waals surface area contributed by atoms with E-state index in [0.29, 0.717) is 18.8 Å². The maximum absolute atomic E-state index is 12.8. The summed E-state index contributed by atoms with van der Waals surface area (Å²) in [6.45, 7) is 4.28. The summed E-state index contributed by atoms with van der Waals surface area (Å²) in [5.74, 6) is -0.647. The molecule has 1 aliphatic heterocycles. The highest BCUT2D eigenvalue weighted by molar-refractivity contribution is 7.61. The van der Waals surface area contributed by atoms with Crippen LogP contribution in [0.15, 0.2) is 41.4 Å². The highest BCUT2D eigenvalue weighted by Crippen LogP contribution is 2.60. The summed E-state index contributed by atoms with van der Waals surface area (Å²) in [6.07, 6.45) is 20.3. The van der Waals surface area contributed by atoms with Gasteiger partial charge in [-0.1, -0.05) is 122 Å². The van der Waals surface area contributed by atoms with Gasteiger partial charge in [0.15, 0.2) is 12.3 Å². The molecule has 1 saturated heterocycles. The smallest absolute Gasteiger partial charge is 0.462 e. The number of rotatable bonds is 35. The maximum Gasteiger partial charge on any atom is 0.481 e. The molecular formula is C42H73N3O15P2. The molecule has 0 radical (unpaired) electrons. The first kappa shape index (κ1) is 55.4. The predicted octanol–water partition coefficient (Wildman–Crippen LogP) is 7.74. The molecule has 62 heavy (non-hydrogen) atoms. The Hall–Kier alpha value is -2.76. The van der Waals surface area contributed by atoms with Crippen molar-refractivity contribution < 1.29 is 66.3 Å². The number of nitrogens with zero attached hydrogens (tertiary/aromatic N) is 2. The average Bonchev–Trinajstić information content (AvgIpc) is 3.48. The van der Waals surface area contributed by atoms with Gasteiger partial charge in [0, 0.05) is 19.0 Å². The summed E-state index contributed by atoms with van der Waals surface area (Å²) in [5.41, 5.74) is 4.57. The third-order valence-corrected chi connectivity index (χ3v) is 12.6. The molecule has 1 fully saturated rings. The van der Waals surface area contributed by atoms with Crippen LogP contribution in [0.25, 0.3) is 0 Å². The zero-order chi connectivity index (χ0) is 45.8. The van der Waals surface area contributed by atoms with Crippen molar-refractivity contribution in [1.82, 2.24) is 9.55 Å². The topological polar surface area (TPSA) is 265 Å². The minimum Gasteiger partial charge on any atom is -0.462 e. The van der Waals surface area contributed by atoms with Crippen LogP contribution in [0.5, 0.6) is 0 Å². The summed E-state index contributed by atoms with van der Waals surface area (Å²) < 4.78 is 56.5. The summed E-state index contributed by atoms with van der Waals surface area (Å²) in [6, 6.07) is 1.24. The lowest BCUT2D eigenvalue weighted by Crippen LogP contribution is -2.36. The number of aromatic nitrogens is 2. The molecule has 1 aliphatic rings. The SMILES string of the molecule is CCCCCC/C=C\C=C/CCCCCCCC(=O)O[C@H](COC(=O)CCCCCCCCC(C)C)COP(=O)(O)OP(=O)(O)OC[C@H]1O[C@@H](n2ccc(N)nc2=O)C(O)[C@H]1O. The van der Waals surface area contributed by atoms with Crippen molar-refractivity contribution in [2.24, 2.45) is 5.92 Å². The number of hydrogen-bond donors (Lipinski definition) is 5. The van der Waals surface area contributed by atoms with E-state index in [-0.39, 0.29) is 18.7 Å². The summed E-state index contributed by atoms with van der Waals surface area (Å²) in [7, 11) is -10.8. The highest BCUT2D eigenvalue weighted by atomic mass is 31.3. The summed E-state index contributed by atoms with van der Waals surface area (Å²) in [4.78, 5) is 61.5. The monoisotopic (exact) mass is 921 g/mol. The number of aliphatic hydroxyl groups is 2. The zero-order valence-electron chi connectivity index (χ0n) is 36.8. The van der Waals surface area contributed by atoms with Crippen LogP contribution in [0.2, 0.25) is 0 Å². The number of ether oxygens (including phenoxy) is 3. The number of phosphoric acid groups is 2. The van der Waals surface area contributed by atoms with E-state index in [9.17, 15) is 43.5 Å². The number of unbranched alkanes of at least 4 members (excludes halogenated alkanes) is 14. The Morgan fingerprint density at radius 1 is 0.823 bits per heavy atom. The molecule has 20 heteroatoms. The molecule has 7 atom stereocenters. The molecule has 6 N–H and O–H groups in total. The quantitative estimate of drug-likeness (QED) is 0.0189. The van der Waals surface area contributed by atoms with Crippen LogP contribution in [-0.4, -0.2) is 85.7 Å². The largest absolute Gasteiger partial charge is 0.481 e. The average molecular weight is 922 g/mol. The first-order valence-corrected chi connectivity index (χ1v) is 25.2. The number of carbonyl (C=O) groups is 2. The van der Waals surface area contributed by atoms with Crippen LogP contribution in [0.1, 0.15) is 155 Å². The number of carbonyl (C=O) groups excluding carboxylic acids is 2. The fourth-order valence-electron chi connectivity index (χ4n) is 6.49. The zero-order valence-corrected chi connectivity index (χ0v) is 38.6. The fraction of sp³-hybridized carbons (Fsp3) is 0.762. The molecule has 0 bridgehead atoms. The van der Waals surface area contributed by atoms with E-state index in [1.165, 1.54) is 44.6 Å². The van der Waals surface area contributed by atoms with E-state index in [1.54, 1.807) is 0 Å². The van der Waals surface area contributed by atoms with Gasteiger partial charge in [0.25, 0.3) is 0 Å². The predicted molar refractivity (Wildman–Crippen MR) is 233 cm³/mol. The highest BCUT2D eigenvalue weighted by Gasteiger charge is 2.46. The normalized spacial score (nSPS) is 20.5. The van der Waals surface area contributed by atoms with E-state index in [4.69, 9.17) is 29.0 Å². The molecule has 1 aromatic heterocycles. The second kappa shape index (κ2) is 31.2. The van der Waals surface area contributed by atoms with Gasteiger partial charge >= 0.3 is 33.3 Å². The van der Waals surface area contributed by atoms with Crippen LogP contribution >= 0.6 is 15.6 Å². The van der Waals surface area contributed by atoms with Crippen LogP contribution < -0.4 is 11.4 Å². The van der Waals surface area contributed by atoms with Crippen molar-refractivity contribution >= 4 is 33.4 Å². The molecule has 0 saturated carbocycles. The first-order valence-electron chi connectivity index (χ1n) is 22.2. The van der Waals surface area contributed by atoms with E-state index >= 15 is 0 Å². The van der Waals surface area contributed by atoms with Crippen LogP contribution in [0.4, 0.5) is 5.82 Å². The number of esters is 2. The number of anilines is 1. The van der Waals surface area contributed by atoms with Crippen molar-refractivity contribution in [1.29, 1.82) is 0 Å². The molecule has 1 aromatic rings. The minimum atomic E-state index is -5.42. The second-order valence-corrected chi connectivity index (χ2v) is 19.1. The molecule has 0 aliphatic carbocycles. The van der Waals surface area contributed by atoms with Gasteiger partial charge < -0.3 is 39.9 Å². The van der Waals surface area contributed by atoms with Crippen molar-refractivity contribution in [3.63, 3.8) is 0 Å². The Morgan fingerprint density at radius 3 is 2.00 bits per heavy atom. The third kappa shape index (κ3) is 24.9. The van der Waals surface area contributed by atoms with Gasteiger partial charge in [-0.2, -0.15) is 9.29 Å². The first-order chi connectivity index (χ1) is 29.5. The van der Waals surface area contributed by atoms with Crippen molar-refractivity contribution in [2.45, 2.75) is 180 Å². The number of nitrogen functional groups attached to an aromatic ring is 1. The third-order valence-electron chi connectivity index (χ3n) is 9.99. The maximum atomic E-state index is 12.8. The van der Waals surface area contributed by atoms with Crippen molar-refractivity contribution in [3.05, 3.63) is 47.1 Å². The number of phosphoric ester groups is 2. The van der Waals surface area contributed by atoms with Gasteiger partial charge in [-0.3, -0.25) is 23.2 Å². The van der Waals surface area contributed by atoms with Crippen molar-refractivity contribution in [2.75, 3.05) is 25.6 Å². The molecule has 2 heterocycles.